The van der Waals surface area contributed by atoms with Crippen LogP contribution in [0.4, 0.5) is 0 Å². The number of amides is 1. The average Bonchev–Trinajstić information content (AvgIpc) is 2.86. The molecule has 0 radical (unpaired) electrons. The Labute approximate surface area is 120 Å². The number of rotatable bonds is 5. The standard InChI is InChI=1S/C11H9N3O6S/c15-7(16)3-6(10(19)20)13-8(17)5-4-12-11-14(9(5)18)1-2-21-11/h1-2,4,6H,3H2,(H,13,17)(H,15,16)(H,19,20)/t6-/m0/s1. The van der Waals surface area contributed by atoms with Crippen molar-refractivity contribution in [3.8, 4) is 0 Å². The van der Waals surface area contributed by atoms with E-state index < -0.39 is 35.9 Å². The van der Waals surface area contributed by atoms with Crippen molar-refractivity contribution in [3.63, 3.8) is 0 Å². The number of aliphatic carboxylic acids is 2. The molecule has 21 heavy (non-hydrogen) atoms. The Morgan fingerprint density at radius 3 is 2.71 bits per heavy atom. The van der Waals surface area contributed by atoms with Crippen molar-refractivity contribution in [1.82, 2.24) is 14.7 Å². The summed E-state index contributed by atoms with van der Waals surface area (Å²) >= 11 is 1.20. The zero-order chi connectivity index (χ0) is 15.6. The Balaban J connectivity index is 2.29. The van der Waals surface area contributed by atoms with E-state index in [1.165, 1.54) is 17.5 Å². The molecule has 0 aliphatic heterocycles. The monoisotopic (exact) mass is 311 g/mol. The van der Waals surface area contributed by atoms with E-state index in [1.807, 2.05) is 5.32 Å². The summed E-state index contributed by atoms with van der Waals surface area (Å²) in [6.07, 6.45) is 1.66. The molecule has 0 spiro atoms. The summed E-state index contributed by atoms with van der Waals surface area (Å²) < 4.78 is 1.15. The van der Waals surface area contributed by atoms with Crippen molar-refractivity contribution >= 4 is 34.1 Å². The van der Waals surface area contributed by atoms with Crippen LogP contribution in [0.1, 0.15) is 16.8 Å². The van der Waals surface area contributed by atoms with Crippen molar-refractivity contribution in [2.24, 2.45) is 0 Å². The number of fused-ring (bicyclic) bond motifs is 1. The van der Waals surface area contributed by atoms with Gasteiger partial charge in [-0.05, 0) is 0 Å². The van der Waals surface area contributed by atoms with Crippen molar-refractivity contribution in [2.45, 2.75) is 12.5 Å². The summed E-state index contributed by atoms with van der Waals surface area (Å²) in [4.78, 5) is 49.6. The van der Waals surface area contributed by atoms with Crippen LogP contribution in [-0.4, -0.2) is 43.5 Å². The number of carboxylic acids is 2. The average molecular weight is 311 g/mol. The van der Waals surface area contributed by atoms with Crippen LogP contribution in [-0.2, 0) is 9.59 Å². The number of aromatic nitrogens is 2. The molecule has 0 aliphatic rings. The van der Waals surface area contributed by atoms with Gasteiger partial charge in [0.2, 0.25) is 0 Å². The van der Waals surface area contributed by atoms with Gasteiger partial charge in [-0.3, -0.25) is 18.8 Å². The third-order valence-electron chi connectivity index (χ3n) is 2.57. The second-order valence-electron chi connectivity index (χ2n) is 3.99. The fraction of sp³-hybridized carbons (Fsp3) is 0.182. The number of carbonyl (C=O) groups excluding carboxylic acids is 1. The van der Waals surface area contributed by atoms with E-state index in [9.17, 15) is 19.2 Å². The zero-order valence-electron chi connectivity index (χ0n) is 10.3. The van der Waals surface area contributed by atoms with Gasteiger partial charge in [-0.25, -0.2) is 9.78 Å². The van der Waals surface area contributed by atoms with Crippen LogP contribution in [0.25, 0.3) is 4.96 Å². The molecule has 0 saturated carbocycles. The highest BCUT2D eigenvalue weighted by molar-refractivity contribution is 7.15. The van der Waals surface area contributed by atoms with Crippen LogP contribution in [0, 0.1) is 0 Å². The third-order valence-corrected chi connectivity index (χ3v) is 3.34. The second-order valence-corrected chi connectivity index (χ2v) is 4.87. The van der Waals surface area contributed by atoms with Gasteiger partial charge in [0.1, 0.15) is 11.6 Å². The summed E-state index contributed by atoms with van der Waals surface area (Å²) in [6.45, 7) is 0. The molecule has 2 rings (SSSR count). The zero-order valence-corrected chi connectivity index (χ0v) is 11.2. The first-order valence-electron chi connectivity index (χ1n) is 5.60. The highest BCUT2D eigenvalue weighted by Crippen LogP contribution is 2.06. The van der Waals surface area contributed by atoms with Crippen LogP contribution in [0.2, 0.25) is 0 Å². The van der Waals surface area contributed by atoms with Gasteiger partial charge in [0.25, 0.3) is 11.5 Å². The number of carbonyl (C=O) groups is 3. The quantitative estimate of drug-likeness (QED) is 0.671. The number of nitrogens with one attached hydrogen (secondary N) is 1. The molecule has 0 aliphatic carbocycles. The molecular formula is C11H9N3O6S. The van der Waals surface area contributed by atoms with E-state index >= 15 is 0 Å². The second kappa shape index (κ2) is 5.71. The van der Waals surface area contributed by atoms with Crippen molar-refractivity contribution in [3.05, 3.63) is 33.7 Å². The Hall–Kier alpha value is -2.75. The molecule has 2 aromatic heterocycles. The van der Waals surface area contributed by atoms with Crippen LogP contribution in [0.15, 0.2) is 22.6 Å². The predicted molar refractivity (Wildman–Crippen MR) is 70.5 cm³/mol. The SMILES string of the molecule is O=C(O)C[C@H](NC(=O)c1cnc2sccn2c1=O)C(=O)O. The molecule has 2 aromatic rings. The number of nitrogens with zero attached hydrogens (tertiary/aromatic N) is 2. The summed E-state index contributed by atoms with van der Waals surface area (Å²) in [5, 5.41) is 21.0. The molecule has 0 unspecified atom stereocenters. The van der Waals surface area contributed by atoms with E-state index in [4.69, 9.17) is 10.2 Å². The summed E-state index contributed by atoms with van der Waals surface area (Å²) in [7, 11) is 0. The molecule has 3 N–H and O–H groups in total. The van der Waals surface area contributed by atoms with E-state index in [0.29, 0.717) is 4.96 Å². The minimum atomic E-state index is -1.63. The van der Waals surface area contributed by atoms with Crippen molar-refractivity contribution in [1.29, 1.82) is 0 Å². The van der Waals surface area contributed by atoms with E-state index in [2.05, 4.69) is 4.98 Å². The lowest BCUT2D eigenvalue weighted by Crippen LogP contribution is -2.44. The summed E-state index contributed by atoms with van der Waals surface area (Å²) in [5.74, 6) is -3.87. The normalized spacial score (nSPS) is 12.0. The topological polar surface area (TPSA) is 138 Å². The lowest BCUT2D eigenvalue weighted by molar-refractivity contribution is -0.145. The van der Waals surface area contributed by atoms with Gasteiger partial charge in [-0.15, -0.1) is 11.3 Å². The van der Waals surface area contributed by atoms with Gasteiger partial charge in [0, 0.05) is 17.8 Å². The number of thiazole rings is 1. The molecule has 110 valence electrons. The van der Waals surface area contributed by atoms with Crippen molar-refractivity contribution in [2.75, 3.05) is 0 Å². The Kier molecular flexibility index (Phi) is 3.98. The first-order valence-corrected chi connectivity index (χ1v) is 6.48. The summed E-state index contributed by atoms with van der Waals surface area (Å²) in [5.41, 5.74) is -1.01. The largest absolute Gasteiger partial charge is 0.481 e. The minimum Gasteiger partial charge on any atom is -0.481 e. The lowest BCUT2D eigenvalue weighted by atomic mass is 10.2. The molecule has 0 bridgehead atoms. The highest BCUT2D eigenvalue weighted by Gasteiger charge is 2.25. The fourth-order valence-corrected chi connectivity index (χ4v) is 2.27. The van der Waals surface area contributed by atoms with Gasteiger partial charge >= 0.3 is 11.9 Å². The summed E-state index contributed by atoms with van der Waals surface area (Å²) in [6, 6.07) is -1.63. The molecule has 2 heterocycles. The smallest absolute Gasteiger partial charge is 0.326 e. The molecule has 1 amide bonds. The van der Waals surface area contributed by atoms with Gasteiger partial charge < -0.3 is 15.5 Å². The van der Waals surface area contributed by atoms with E-state index in [0.717, 1.165) is 10.6 Å². The molecule has 1 atom stereocenters. The molecule has 9 nitrogen and oxygen atoms in total. The molecule has 10 heteroatoms. The van der Waals surface area contributed by atoms with Crippen LogP contribution >= 0.6 is 11.3 Å². The van der Waals surface area contributed by atoms with Crippen LogP contribution < -0.4 is 10.9 Å². The minimum absolute atomic E-state index is 0.359. The van der Waals surface area contributed by atoms with Crippen LogP contribution in [0.3, 0.4) is 0 Å². The predicted octanol–water partition coefficient (Wildman–Crippen LogP) is -0.586. The van der Waals surface area contributed by atoms with Crippen LogP contribution in [0.5, 0.6) is 0 Å². The number of hydrogen-bond donors (Lipinski definition) is 3. The van der Waals surface area contributed by atoms with Crippen molar-refractivity contribution < 1.29 is 24.6 Å². The molecule has 0 aromatic carbocycles. The number of carboxylic acid groups (broad SMARTS) is 2. The Bertz CT molecular complexity index is 780. The van der Waals surface area contributed by atoms with Gasteiger partial charge in [0.05, 0.1) is 6.42 Å². The highest BCUT2D eigenvalue weighted by atomic mass is 32.1. The Morgan fingerprint density at radius 2 is 2.10 bits per heavy atom. The number of hydrogen-bond acceptors (Lipinski definition) is 6. The molecule has 0 fully saturated rings. The lowest BCUT2D eigenvalue weighted by Gasteiger charge is -2.11. The first-order chi connectivity index (χ1) is 9.90. The maximum atomic E-state index is 12.0. The third kappa shape index (κ3) is 3.05. The first kappa shape index (κ1) is 14.7. The van der Waals surface area contributed by atoms with Gasteiger partial charge in [-0.1, -0.05) is 0 Å². The van der Waals surface area contributed by atoms with E-state index in [-0.39, 0.29) is 5.56 Å². The maximum absolute atomic E-state index is 12.0. The van der Waals surface area contributed by atoms with Gasteiger partial charge in [-0.2, -0.15) is 0 Å². The Morgan fingerprint density at radius 1 is 1.38 bits per heavy atom. The van der Waals surface area contributed by atoms with Gasteiger partial charge in [0.15, 0.2) is 4.96 Å². The maximum Gasteiger partial charge on any atom is 0.326 e. The molecule has 0 saturated heterocycles. The van der Waals surface area contributed by atoms with E-state index in [1.54, 1.807) is 5.38 Å². The molecular weight excluding hydrogens is 302 g/mol. The fourth-order valence-electron chi connectivity index (χ4n) is 1.59.